The van der Waals surface area contributed by atoms with Crippen LogP contribution in [0.25, 0.3) is 0 Å². The van der Waals surface area contributed by atoms with Crippen LogP contribution in [-0.4, -0.2) is 38.0 Å². The largest absolute Gasteiger partial charge is 0.399 e. The molecular weight excluding hydrogens is 204 g/mol. The summed E-state index contributed by atoms with van der Waals surface area (Å²) >= 11 is 0. The summed E-state index contributed by atoms with van der Waals surface area (Å²) in [5.74, 6) is -0.402. The predicted molar refractivity (Wildman–Crippen MR) is 62.9 cm³/mol. The second kappa shape index (κ2) is 4.41. The van der Waals surface area contributed by atoms with Gasteiger partial charge in [-0.25, -0.2) is 0 Å². The van der Waals surface area contributed by atoms with E-state index in [9.17, 15) is 0 Å². The van der Waals surface area contributed by atoms with Crippen molar-refractivity contribution in [1.29, 1.82) is 0 Å². The summed E-state index contributed by atoms with van der Waals surface area (Å²) in [5, 5.41) is 0. The summed E-state index contributed by atoms with van der Waals surface area (Å²) in [7, 11) is 3.36. The lowest BCUT2D eigenvalue weighted by molar-refractivity contribution is -0.277. The van der Waals surface area contributed by atoms with Crippen LogP contribution in [0.2, 0.25) is 0 Å². The van der Waals surface area contributed by atoms with Gasteiger partial charge in [0.25, 0.3) is 0 Å². The van der Waals surface area contributed by atoms with E-state index >= 15 is 0 Å². The summed E-state index contributed by atoms with van der Waals surface area (Å²) in [6.07, 6.45) is 0. The van der Waals surface area contributed by atoms with E-state index in [1.165, 1.54) is 5.56 Å². The number of ether oxygens (including phenoxy) is 2. The molecule has 0 aromatic heterocycles. The third kappa shape index (κ3) is 2.19. The SMILES string of the molecule is COC1(OC)CN(Cc2cccc(N)c2)C1. The first kappa shape index (κ1) is 11.4. The van der Waals surface area contributed by atoms with Crippen LogP contribution >= 0.6 is 0 Å². The molecule has 1 aromatic rings. The van der Waals surface area contributed by atoms with E-state index in [2.05, 4.69) is 11.0 Å². The average molecular weight is 222 g/mol. The van der Waals surface area contributed by atoms with Gasteiger partial charge in [0.15, 0.2) is 5.79 Å². The number of hydrogen-bond donors (Lipinski definition) is 1. The van der Waals surface area contributed by atoms with Crippen LogP contribution in [0.15, 0.2) is 24.3 Å². The van der Waals surface area contributed by atoms with Crippen molar-refractivity contribution in [3.8, 4) is 0 Å². The summed E-state index contributed by atoms with van der Waals surface area (Å²) in [6.45, 7) is 2.49. The van der Waals surface area contributed by atoms with E-state index in [1.807, 2.05) is 18.2 Å². The van der Waals surface area contributed by atoms with Crippen LogP contribution < -0.4 is 5.73 Å². The molecule has 2 rings (SSSR count). The van der Waals surface area contributed by atoms with Crippen LogP contribution in [0.1, 0.15) is 5.56 Å². The highest BCUT2D eigenvalue weighted by molar-refractivity contribution is 5.40. The van der Waals surface area contributed by atoms with E-state index < -0.39 is 5.79 Å². The Morgan fingerprint density at radius 2 is 2.00 bits per heavy atom. The van der Waals surface area contributed by atoms with E-state index in [1.54, 1.807) is 14.2 Å². The number of hydrogen-bond acceptors (Lipinski definition) is 4. The number of likely N-dealkylation sites (tertiary alicyclic amines) is 1. The molecule has 1 aromatic carbocycles. The molecule has 0 amide bonds. The monoisotopic (exact) mass is 222 g/mol. The van der Waals surface area contributed by atoms with Gasteiger partial charge in [0, 0.05) is 26.5 Å². The standard InChI is InChI=1S/C12H18N2O2/c1-15-12(16-2)8-14(9-12)7-10-4-3-5-11(13)6-10/h3-6H,7-9,13H2,1-2H3. The van der Waals surface area contributed by atoms with Crippen LogP contribution in [0.5, 0.6) is 0 Å². The third-order valence-corrected chi connectivity index (χ3v) is 3.03. The van der Waals surface area contributed by atoms with Crippen molar-refractivity contribution in [3.05, 3.63) is 29.8 Å². The zero-order valence-electron chi connectivity index (χ0n) is 9.77. The minimum atomic E-state index is -0.402. The molecule has 0 bridgehead atoms. The second-order valence-electron chi connectivity index (χ2n) is 4.21. The Hall–Kier alpha value is -1.10. The predicted octanol–water partition coefficient (Wildman–Crippen LogP) is 1.07. The van der Waals surface area contributed by atoms with Gasteiger partial charge in [-0.15, -0.1) is 0 Å². The maximum absolute atomic E-state index is 5.73. The molecule has 0 radical (unpaired) electrons. The second-order valence-corrected chi connectivity index (χ2v) is 4.21. The Morgan fingerprint density at radius 1 is 1.31 bits per heavy atom. The zero-order chi connectivity index (χ0) is 11.6. The number of methoxy groups -OCH3 is 2. The number of nitrogens with zero attached hydrogens (tertiary/aromatic N) is 1. The van der Waals surface area contributed by atoms with Gasteiger partial charge in [-0.05, 0) is 17.7 Å². The van der Waals surface area contributed by atoms with Crippen molar-refractivity contribution in [2.45, 2.75) is 12.3 Å². The Labute approximate surface area is 95.9 Å². The molecule has 2 N–H and O–H groups in total. The maximum Gasteiger partial charge on any atom is 0.193 e. The lowest BCUT2D eigenvalue weighted by atomic mass is 10.1. The quantitative estimate of drug-likeness (QED) is 0.611. The molecule has 0 saturated carbocycles. The molecular formula is C12H18N2O2. The first-order valence-corrected chi connectivity index (χ1v) is 5.34. The van der Waals surface area contributed by atoms with E-state index in [0.717, 1.165) is 25.3 Å². The van der Waals surface area contributed by atoms with Gasteiger partial charge in [0.2, 0.25) is 0 Å². The van der Waals surface area contributed by atoms with Crippen molar-refractivity contribution >= 4 is 5.69 Å². The minimum absolute atomic E-state index is 0.402. The third-order valence-electron chi connectivity index (χ3n) is 3.03. The summed E-state index contributed by atoms with van der Waals surface area (Å²) < 4.78 is 10.7. The molecule has 1 aliphatic rings. The smallest absolute Gasteiger partial charge is 0.193 e. The normalized spacial score (nSPS) is 19.4. The van der Waals surface area contributed by atoms with Gasteiger partial charge in [0.1, 0.15) is 0 Å². The minimum Gasteiger partial charge on any atom is -0.399 e. The Bertz CT molecular complexity index is 356. The molecule has 0 atom stereocenters. The number of rotatable bonds is 4. The fraction of sp³-hybridized carbons (Fsp3) is 0.500. The highest BCUT2D eigenvalue weighted by Gasteiger charge is 2.43. The van der Waals surface area contributed by atoms with Gasteiger partial charge < -0.3 is 15.2 Å². The Morgan fingerprint density at radius 3 is 2.56 bits per heavy atom. The van der Waals surface area contributed by atoms with Crippen LogP contribution in [0, 0.1) is 0 Å². The van der Waals surface area contributed by atoms with E-state index in [4.69, 9.17) is 15.2 Å². The molecule has 4 nitrogen and oxygen atoms in total. The average Bonchev–Trinajstić information content (AvgIpc) is 2.23. The lowest BCUT2D eigenvalue weighted by Crippen LogP contribution is -2.63. The van der Waals surface area contributed by atoms with Crippen molar-refractivity contribution < 1.29 is 9.47 Å². The van der Waals surface area contributed by atoms with Crippen molar-refractivity contribution in [3.63, 3.8) is 0 Å². The maximum atomic E-state index is 5.73. The summed E-state index contributed by atoms with van der Waals surface area (Å²) in [4.78, 5) is 2.27. The highest BCUT2D eigenvalue weighted by atomic mass is 16.7. The van der Waals surface area contributed by atoms with Crippen molar-refractivity contribution in [2.75, 3.05) is 33.0 Å². The topological polar surface area (TPSA) is 47.7 Å². The molecule has 4 heteroatoms. The summed E-state index contributed by atoms with van der Waals surface area (Å²) in [6, 6.07) is 7.95. The van der Waals surface area contributed by atoms with Crippen molar-refractivity contribution in [2.24, 2.45) is 0 Å². The molecule has 0 spiro atoms. The molecule has 1 fully saturated rings. The fourth-order valence-corrected chi connectivity index (χ4v) is 2.04. The van der Waals surface area contributed by atoms with Crippen LogP contribution in [0.4, 0.5) is 5.69 Å². The van der Waals surface area contributed by atoms with Gasteiger partial charge in [0.05, 0.1) is 13.1 Å². The fourth-order valence-electron chi connectivity index (χ4n) is 2.04. The molecule has 0 unspecified atom stereocenters. The van der Waals surface area contributed by atoms with E-state index in [0.29, 0.717) is 0 Å². The number of nitrogen functional groups attached to an aromatic ring is 1. The van der Waals surface area contributed by atoms with Gasteiger partial charge >= 0.3 is 0 Å². The molecule has 1 saturated heterocycles. The number of benzene rings is 1. The van der Waals surface area contributed by atoms with E-state index in [-0.39, 0.29) is 0 Å². The molecule has 0 aliphatic carbocycles. The Kier molecular flexibility index (Phi) is 3.14. The molecule has 88 valence electrons. The number of anilines is 1. The molecule has 1 heterocycles. The summed E-state index contributed by atoms with van der Waals surface area (Å²) in [5.41, 5.74) is 7.76. The highest BCUT2D eigenvalue weighted by Crippen LogP contribution is 2.26. The zero-order valence-corrected chi connectivity index (χ0v) is 9.77. The molecule has 1 aliphatic heterocycles. The Balaban J connectivity index is 1.90. The molecule has 16 heavy (non-hydrogen) atoms. The van der Waals surface area contributed by atoms with Gasteiger partial charge in [-0.1, -0.05) is 12.1 Å². The van der Waals surface area contributed by atoms with Crippen LogP contribution in [0.3, 0.4) is 0 Å². The first-order valence-electron chi connectivity index (χ1n) is 5.34. The van der Waals surface area contributed by atoms with Crippen LogP contribution in [-0.2, 0) is 16.0 Å². The lowest BCUT2D eigenvalue weighted by Gasteiger charge is -2.47. The van der Waals surface area contributed by atoms with Gasteiger partial charge in [-0.3, -0.25) is 4.90 Å². The first-order chi connectivity index (χ1) is 7.67. The van der Waals surface area contributed by atoms with Gasteiger partial charge in [-0.2, -0.15) is 0 Å². The van der Waals surface area contributed by atoms with Crippen molar-refractivity contribution in [1.82, 2.24) is 4.90 Å². The number of nitrogens with two attached hydrogens (primary N) is 1.